The average Bonchev–Trinajstić information content (AvgIpc) is 2.60. The average molecular weight is 409 g/mol. The first-order valence-electron chi connectivity index (χ1n) is 8.89. The van der Waals surface area contributed by atoms with Gasteiger partial charge < -0.3 is 9.64 Å². The highest BCUT2D eigenvalue weighted by atomic mass is 35.5. The lowest BCUT2D eigenvalue weighted by atomic mass is 9.86. The summed E-state index contributed by atoms with van der Waals surface area (Å²) in [7, 11) is 2.24. The maximum Gasteiger partial charge on any atom is 0.236 e. The molecule has 5 nitrogen and oxygen atoms in total. The fourth-order valence-corrected chi connectivity index (χ4v) is 5.04. The number of ether oxygens (including phenoxy) is 1. The highest BCUT2D eigenvalue weighted by molar-refractivity contribution is 7.91. The second kappa shape index (κ2) is 8.09. The van der Waals surface area contributed by atoms with Gasteiger partial charge in [0.25, 0.3) is 0 Å². The van der Waals surface area contributed by atoms with Crippen LogP contribution in [0.1, 0.15) is 23.1 Å². The molecule has 146 valence electrons. The van der Waals surface area contributed by atoms with Crippen molar-refractivity contribution < 1.29 is 13.2 Å². The molecule has 0 spiro atoms. The van der Waals surface area contributed by atoms with E-state index in [2.05, 4.69) is 23.7 Å². The zero-order valence-corrected chi connectivity index (χ0v) is 17.4. The molecular weight excluding hydrogens is 384 g/mol. The number of nitrogens with zero attached hydrogens (tertiary/aromatic N) is 1. The minimum absolute atomic E-state index is 0.116. The predicted octanol–water partition coefficient (Wildman–Crippen LogP) is 3.71. The summed E-state index contributed by atoms with van der Waals surface area (Å²) in [6.45, 7) is 0. The van der Waals surface area contributed by atoms with Crippen molar-refractivity contribution in [3.05, 3.63) is 58.1 Å². The first-order chi connectivity index (χ1) is 12.8. The van der Waals surface area contributed by atoms with Gasteiger partial charge in [-0.15, -0.1) is 0 Å². The van der Waals surface area contributed by atoms with Crippen molar-refractivity contribution in [2.45, 2.75) is 31.1 Å². The van der Waals surface area contributed by atoms with Gasteiger partial charge in [-0.1, -0.05) is 23.7 Å². The van der Waals surface area contributed by atoms with Gasteiger partial charge >= 0.3 is 0 Å². The van der Waals surface area contributed by atoms with Gasteiger partial charge in [0.05, 0.1) is 18.6 Å². The highest BCUT2D eigenvalue weighted by Gasteiger charge is 2.26. The molecule has 0 saturated heterocycles. The van der Waals surface area contributed by atoms with Crippen molar-refractivity contribution in [1.82, 2.24) is 4.90 Å². The summed E-state index contributed by atoms with van der Waals surface area (Å²) < 4.78 is 33.7. The van der Waals surface area contributed by atoms with Crippen LogP contribution in [0.25, 0.3) is 0 Å². The Bertz CT molecular complexity index is 929. The summed E-state index contributed by atoms with van der Waals surface area (Å²) in [6, 6.07) is 11.0. The van der Waals surface area contributed by atoms with E-state index in [1.54, 1.807) is 37.4 Å². The zero-order valence-electron chi connectivity index (χ0n) is 15.8. The molecule has 1 atom stereocenters. The molecule has 0 bridgehead atoms. The third-order valence-corrected chi connectivity index (χ3v) is 6.50. The molecular formula is C20H25ClN2O3S. The van der Waals surface area contributed by atoms with Crippen molar-refractivity contribution in [3.63, 3.8) is 0 Å². The number of hydrogen-bond donors (Lipinski definition) is 1. The smallest absolute Gasteiger partial charge is 0.236 e. The van der Waals surface area contributed by atoms with Gasteiger partial charge in [-0.3, -0.25) is 4.72 Å². The maximum absolute atomic E-state index is 12.7. The van der Waals surface area contributed by atoms with Gasteiger partial charge in [0.1, 0.15) is 5.75 Å². The van der Waals surface area contributed by atoms with Gasteiger partial charge in [-0.05, 0) is 68.8 Å². The molecule has 2 aromatic carbocycles. The Kier molecular flexibility index (Phi) is 5.99. The summed E-state index contributed by atoms with van der Waals surface area (Å²) in [5, 5.41) is 0.527. The number of nitrogens with one attached hydrogen (secondary N) is 1. The molecule has 27 heavy (non-hydrogen) atoms. The Morgan fingerprint density at radius 1 is 1.22 bits per heavy atom. The predicted molar refractivity (Wildman–Crippen MR) is 110 cm³/mol. The molecule has 1 aliphatic carbocycles. The molecule has 0 unspecified atom stereocenters. The van der Waals surface area contributed by atoms with Gasteiger partial charge in [-0.25, -0.2) is 8.42 Å². The number of hydrogen-bond acceptors (Lipinski definition) is 4. The van der Waals surface area contributed by atoms with E-state index >= 15 is 0 Å². The lowest BCUT2D eigenvalue weighted by Gasteiger charge is -2.32. The molecule has 3 rings (SSSR count). The number of methoxy groups -OCH3 is 1. The standard InChI is InChI=1S/C20H25ClN2O3S/c1-23(2)16-7-8-17-18(12-16)20(26-3)10-9-19(17)22-27(24,25)13-14-5-4-6-15(21)11-14/h4-6,9-11,16,22H,7-8,12-13H2,1-3H3/t16-/m0/s1. The van der Waals surface area contributed by atoms with Gasteiger partial charge in [0, 0.05) is 16.6 Å². The van der Waals surface area contributed by atoms with Gasteiger partial charge in [0.15, 0.2) is 0 Å². The molecule has 0 heterocycles. The summed E-state index contributed by atoms with van der Waals surface area (Å²) in [5.74, 6) is 0.698. The van der Waals surface area contributed by atoms with Crippen LogP contribution >= 0.6 is 11.6 Å². The van der Waals surface area contributed by atoms with Crippen LogP contribution in [0.3, 0.4) is 0 Å². The maximum atomic E-state index is 12.7. The normalized spacial score (nSPS) is 16.9. The summed E-state index contributed by atoms with van der Waals surface area (Å²) in [5.41, 5.74) is 3.42. The number of sulfonamides is 1. The Morgan fingerprint density at radius 3 is 2.67 bits per heavy atom. The molecule has 2 aromatic rings. The minimum atomic E-state index is -3.55. The van der Waals surface area contributed by atoms with Crippen molar-refractivity contribution in [3.8, 4) is 5.75 Å². The van der Waals surface area contributed by atoms with Crippen molar-refractivity contribution in [2.75, 3.05) is 25.9 Å². The van der Waals surface area contributed by atoms with Crippen LogP contribution in [-0.4, -0.2) is 40.6 Å². The van der Waals surface area contributed by atoms with E-state index in [4.69, 9.17) is 16.3 Å². The van der Waals surface area contributed by atoms with Crippen molar-refractivity contribution >= 4 is 27.3 Å². The lowest BCUT2D eigenvalue weighted by Crippen LogP contribution is -2.34. The Morgan fingerprint density at radius 2 is 2.00 bits per heavy atom. The topological polar surface area (TPSA) is 58.6 Å². The van der Waals surface area contributed by atoms with Crippen LogP contribution < -0.4 is 9.46 Å². The van der Waals surface area contributed by atoms with Crippen LogP contribution in [0.4, 0.5) is 5.69 Å². The molecule has 0 radical (unpaired) electrons. The fourth-order valence-electron chi connectivity index (χ4n) is 3.61. The van der Waals surface area contributed by atoms with Crippen LogP contribution in [0, 0.1) is 0 Å². The number of fused-ring (bicyclic) bond motifs is 1. The third kappa shape index (κ3) is 4.75. The van der Waals surface area contributed by atoms with E-state index in [1.807, 2.05) is 6.07 Å². The molecule has 1 aliphatic rings. The van der Waals surface area contributed by atoms with Gasteiger partial charge in [0.2, 0.25) is 10.0 Å². The molecule has 0 saturated carbocycles. The minimum Gasteiger partial charge on any atom is -0.496 e. The van der Waals surface area contributed by atoms with Crippen LogP contribution in [0.5, 0.6) is 5.75 Å². The number of rotatable bonds is 6. The van der Waals surface area contributed by atoms with E-state index < -0.39 is 10.0 Å². The molecule has 7 heteroatoms. The Hall–Kier alpha value is -1.76. The van der Waals surface area contributed by atoms with E-state index in [0.29, 0.717) is 22.3 Å². The molecule has 1 N–H and O–H groups in total. The largest absolute Gasteiger partial charge is 0.496 e. The summed E-state index contributed by atoms with van der Waals surface area (Å²) in [4.78, 5) is 2.21. The molecule has 0 aromatic heterocycles. The van der Waals surface area contributed by atoms with Crippen molar-refractivity contribution in [1.29, 1.82) is 0 Å². The highest BCUT2D eigenvalue weighted by Crippen LogP contribution is 2.36. The zero-order chi connectivity index (χ0) is 19.6. The second-order valence-electron chi connectivity index (χ2n) is 7.12. The van der Waals surface area contributed by atoms with E-state index in [1.165, 1.54) is 0 Å². The number of anilines is 1. The van der Waals surface area contributed by atoms with Crippen LogP contribution in [-0.2, 0) is 28.6 Å². The quantitative estimate of drug-likeness (QED) is 0.791. The van der Waals surface area contributed by atoms with E-state index in [9.17, 15) is 8.42 Å². The second-order valence-corrected chi connectivity index (χ2v) is 9.28. The number of likely N-dealkylation sites (N-methyl/N-ethyl adjacent to an activating group) is 1. The van der Waals surface area contributed by atoms with Crippen LogP contribution in [0.15, 0.2) is 36.4 Å². The summed E-state index contributed by atoms with van der Waals surface area (Å²) >= 11 is 5.97. The van der Waals surface area contributed by atoms with E-state index in [-0.39, 0.29) is 5.75 Å². The van der Waals surface area contributed by atoms with E-state index in [0.717, 1.165) is 36.1 Å². The Labute approximate surface area is 166 Å². The van der Waals surface area contributed by atoms with Crippen molar-refractivity contribution in [2.24, 2.45) is 0 Å². The number of benzene rings is 2. The molecule has 0 amide bonds. The molecule has 0 fully saturated rings. The van der Waals surface area contributed by atoms with Crippen LogP contribution in [0.2, 0.25) is 5.02 Å². The van der Waals surface area contributed by atoms with Gasteiger partial charge in [-0.2, -0.15) is 0 Å². The monoisotopic (exact) mass is 408 g/mol. The lowest BCUT2D eigenvalue weighted by molar-refractivity contribution is 0.265. The first kappa shape index (κ1) is 20.0. The number of halogens is 1. The Balaban J connectivity index is 1.88. The third-order valence-electron chi connectivity index (χ3n) is 5.02. The summed E-state index contributed by atoms with van der Waals surface area (Å²) in [6.07, 6.45) is 2.63. The first-order valence-corrected chi connectivity index (χ1v) is 10.9. The molecule has 0 aliphatic heterocycles. The SMILES string of the molecule is COc1ccc(NS(=O)(=O)Cc2cccc(Cl)c2)c2c1C[C@@H](N(C)C)CC2. The fraction of sp³-hybridized carbons (Fsp3) is 0.400.